The van der Waals surface area contributed by atoms with Gasteiger partial charge in [0.05, 0.1) is 12.7 Å². The number of carbonyl (C=O) groups excluding carboxylic acids is 1. The lowest BCUT2D eigenvalue weighted by Crippen LogP contribution is -2.36. The molecule has 3 nitrogen and oxygen atoms in total. The Labute approximate surface area is 100.0 Å². The van der Waals surface area contributed by atoms with Crippen LogP contribution in [0.25, 0.3) is 0 Å². The molecule has 1 aromatic rings. The van der Waals surface area contributed by atoms with Crippen molar-refractivity contribution in [3.8, 4) is 0 Å². The summed E-state index contributed by atoms with van der Waals surface area (Å²) < 4.78 is 18.3. The summed E-state index contributed by atoms with van der Waals surface area (Å²) in [6.07, 6.45) is -0.0635. The molecule has 4 heteroatoms. The first-order valence-electron chi connectivity index (χ1n) is 5.75. The first-order valence-corrected chi connectivity index (χ1v) is 5.75. The van der Waals surface area contributed by atoms with Crippen molar-refractivity contribution in [2.75, 3.05) is 20.2 Å². The molecule has 2 atom stereocenters. The first-order chi connectivity index (χ1) is 8.22. The topological polar surface area (TPSA) is 38.3 Å². The van der Waals surface area contributed by atoms with Crippen molar-refractivity contribution in [1.82, 2.24) is 5.32 Å². The summed E-state index contributed by atoms with van der Waals surface area (Å²) >= 11 is 0. The third kappa shape index (κ3) is 2.64. The van der Waals surface area contributed by atoms with Gasteiger partial charge in [0.2, 0.25) is 0 Å². The van der Waals surface area contributed by atoms with Gasteiger partial charge in [0.25, 0.3) is 0 Å². The van der Waals surface area contributed by atoms with E-state index in [1.807, 2.05) is 12.1 Å². The number of ether oxygens (including phenoxy) is 1. The number of hydrogen-bond acceptors (Lipinski definition) is 3. The predicted octanol–water partition coefficient (Wildman–Crippen LogP) is 1.89. The Kier molecular flexibility index (Phi) is 3.74. The molecule has 1 N–H and O–H groups in total. The Morgan fingerprint density at radius 3 is 2.71 bits per heavy atom. The maximum atomic E-state index is 13.7. The SMILES string of the molecule is COC(=O)c1ccc(C2CCNCC2F)cc1. The van der Waals surface area contributed by atoms with Crippen LogP contribution in [0.15, 0.2) is 24.3 Å². The van der Waals surface area contributed by atoms with E-state index in [1.165, 1.54) is 7.11 Å². The van der Waals surface area contributed by atoms with E-state index in [4.69, 9.17) is 0 Å². The molecule has 0 saturated carbocycles. The quantitative estimate of drug-likeness (QED) is 0.798. The minimum Gasteiger partial charge on any atom is -0.465 e. The molecular formula is C13H16FNO2. The molecule has 92 valence electrons. The Bertz CT molecular complexity index is 391. The molecule has 1 fully saturated rings. The molecule has 17 heavy (non-hydrogen) atoms. The molecule has 1 aliphatic rings. The number of carbonyl (C=O) groups is 1. The van der Waals surface area contributed by atoms with E-state index in [9.17, 15) is 9.18 Å². The molecule has 0 aliphatic carbocycles. The van der Waals surface area contributed by atoms with Gasteiger partial charge in [-0.15, -0.1) is 0 Å². The summed E-state index contributed by atoms with van der Waals surface area (Å²) in [4.78, 5) is 11.3. The number of alkyl halides is 1. The minimum absolute atomic E-state index is 0.0667. The van der Waals surface area contributed by atoms with E-state index in [1.54, 1.807) is 12.1 Å². The summed E-state index contributed by atoms with van der Waals surface area (Å²) in [5, 5.41) is 3.02. The van der Waals surface area contributed by atoms with E-state index in [0.29, 0.717) is 12.1 Å². The van der Waals surface area contributed by atoms with Crippen molar-refractivity contribution in [2.45, 2.75) is 18.5 Å². The van der Waals surface area contributed by atoms with Crippen LogP contribution < -0.4 is 5.32 Å². The fourth-order valence-electron chi connectivity index (χ4n) is 2.18. The van der Waals surface area contributed by atoms with E-state index >= 15 is 0 Å². The highest BCUT2D eigenvalue weighted by molar-refractivity contribution is 5.89. The molecule has 1 heterocycles. The predicted molar refractivity (Wildman–Crippen MR) is 62.9 cm³/mol. The van der Waals surface area contributed by atoms with Crippen LogP contribution in [0.4, 0.5) is 4.39 Å². The fraction of sp³-hybridized carbons (Fsp3) is 0.462. The monoisotopic (exact) mass is 237 g/mol. The number of methoxy groups -OCH3 is 1. The zero-order chi connectivity index (χ0) is 12.3. The number of benzene rings is 1. The van der Waals surface area contributed by atoms with Crippen molar-refractivity contribution < 1.29 is 13.9 Å². The van der Waals surface area contributed by atoms with Crippen molar-refractivity contribution in [3.05, 3.63) is 35.4 Å². The molecule has 2 unspecified atom stereocenters. The van der Waals surface area contributed by atoms with Crippen LogP contribution in [0, 0.1) is 0 Å². The largest absolute Gasteiger partial charge is 0.465 e. The summed E-state index contributed by atoms with van der Waals surface area (Å²) in [6, 6.07) is 7.01. The standard InChI is InChI=1S/C13H16FNO2/c1-17-13(16)10-4-2-9(3-5-10)11-6-7-15-8-12(11)14/h2-5,11-12,15H,6-8H2,1H3. The van der Waals surface area contributed by atoms with Crippen LogP contribution in [0.1, 0.15) is 28.3 Å². The van der Waals surface area contributed by atoms with Gasteiger partial charge in [0, 0.05) is 12.5 Å². The summed E-state index contributed by atoms with van der Waals surface area (Å²) in [7, 11) is 1.35. The van der Waals surface area contributed by atoms with Gasteiger partial charge < -0.3 is 10.1 Å². The Morgan fingerprint density at radius 2 is 2.12 bits per heavy atom. The van der Waals surface area contributed by atoms with Crippen molar-refractivity contribution in [1.29, 1.82) is 0 Å². The zero-order valence-corrected chi connectivity index (χ0v) is 9.78. The molecule has 0 radical (unpaired) electrons. The molecule has 2 rings (SSSR count). The highest BCUT2D eigenvalue weighted by Gasteiger charge is 2.25. The molecule has 1 aliphatic heterocycles. The van der Waals surface area contributed by atoms with Gasteiger partial charge in [-0.1, -0.05) is 12.1 Å². The number of hydrogen-bond donors (Lipinski definition) is 1. The Hall–Kier alpha value is -1.42. The lowest BCUT2D eigenvalue weighted by atomic mass is 9.88. The third-order valence-corrected chi connectivity index (χ3v) is 3.17. The second-order valence-electron chi connectivity index (χ2n) is 4.23. The first kappa shape index (κ1) is 12.0. The second kappa shape index (κ2) is 5.27. The zero-order valence-electron chi connectivity index (χ0n) is 9.78. The van der Waals surface area contributed by atoms with Gasteiger partial charge in [0.1, 0.15) is 6.17 Å². The van der Waals surface area contributed by atoms with Gasteiger partial charge in [-0.25, -0.2) is 9.18 Å². The van der Waals surface area contributed by atoms with Crippen molar-refractivity contribution in [2.24, 2.45) is 0 Å². The second-order valence-corrected chi connectivity index (χ2v) is 4.23. The molecule has 1 aromatic carbocycles. The van der Waals surface area contributed by atoms with Gasteiger partial charge in [-0.05, 0) is 30.7 Å². The van der Waals surface area contributed by atoms with Gasteiger partial charge >= 0.3 is 5.97 Å². The number of esters is 1. The Morgan fingerprint density at radius 1 is 1.41 bits per heavy atom. The number of nitrogens with one attached hydrogen (secondary N) is 1. The van der Waals surface area contributed by atoms with E-state index in [2.05, 4.69) is 10.1 Å². The van der Waals surface area contributed by atoms with Crippen LogP contribution in [0.5, 0.6) is 0 Å². The van der Waals surface area contributed by atoms with E-state index in [0.717, 1.165) is 18.5 Å². The molecule has 0 aromatic heterocycles. The van der Waals surface area contributed by atoms with Crippen LogP contribution in [-0.4, -0.2) is 32.3 Å². The van der Waals surface area contributed by atoms with Gasteiger partial charge in [-0.3, -0.25) is 0 Å². The normalized spacial score (nSPS) is 24.4. The molecule has 0 amide bonds. The maximum absolute atomic E-state index is 13.7. The highest BCUT2D eigenvalue weighted by atomic mass is 19.1. The summed E-state index contributed by atoms with van der Waals surface area (Å²) in [5.74, 6) is -0.429. The van der Waals surface area contributed by atoms with E-state index in [-0.39, 0.29) is 11.9 Å². The lowest BCUT2D eigenvalue weighted by molar-refractivity contribution is 0.0600. The van der Waals surface area contributed by atoms with Crippen LogP contribution in [0.2, 0.25) is 0 Å². The molecule has 0 spiro atoms. The number of halogens is 1. The van der Waals surface area contributed by atoms with Gasteiger partial charge in [0.15, 0.2) is 0 Å². The van der Waals surface area contributed by atoms with Crippen LogP contribution in [-0.2, 0) is 4.74 Å². The summed E-state index contributed by atoms with van der Waals surface area (Å²) in [6.45, 7) is 1.24. The molecule has 1 saturated heterocycles. The average molecular weight is 237 g/mol. The average Bonchev–Trinajstić information content (AvgIpc) is 2.39. The van der Waals surface area contributed by atoms with Crippen LogP contribution >= 0.6 is 0 Å². The maximum Gasteiger partial charge on any atom is 0.337 e. The third-order valence-electron chi connectivity index (χ3n) is 3.17. The number of piperidine rings is 1. The summed E-state index contributed by atoms with van der Waals surface area (Å²) in [5.41, 5.74) is 1.45. The minimum atomic E-state index is -0.854. The van der Waals surface area contributed by atoms with E-state index < -0.39 is 6.17 Å². The van der Waals surface area contributed by atoms with Crippen molar-refractivity contribution >= 4 is 5.97 Å². The highest BCUT2D eigenvalue weighted by Crippen LogP contribution is 2.27. The Balaban J connectivity index is 2.14. The molecular weight excluding hydrogens is 221 g/mol. The van der Waals surface area contributed by atoms with Gasteiger partial charge in [-0.2, -0.15) is 0 Å². The van der Waals surface area contributed by atoms with Crippen LogP contribution in [0.3, 0.4) is 0 Å². The number of rotatable bonds is 2. The fourth-order valence-corrected chi connectivity index (χ4v) is 2.18. The lowest BCUT2D eigenvalue weighted by Gasteiger charge is -2.27. The smallest absolute Gasteiger partial charge is 0.337 e. The molecule has 0 bridgehead atoms. The van der Waals surface area contributed by atoms with Crippen molar-refractivity contribution in [3.63, 3.8) is 0 Å².